The van der Waals surface area contributed by atoms with Crippen molar-refractivity contribution in [2.45, 2.75) is 51.7 Å². The Morgan fingerprint density at radius 3 is 2.08 bits per heavy atom. The van der Waals surface area contributed by atoms with Crippen LogP contribution in [0.3, 0.4) is 0 Å². The number of carbonyl (C=O) groups is 1. The lowest BCUT2D eigenvalue weighted by Crippen LogP contribution is -2.42. The zero-order valence-electron chi connectivity index (χ0n) is 8.75. The van der Waals surface area contributed by atoms with Crippen molar-refractivity contribution >= 4 is 6.47 Å². The van der Waals surface area contributed by atoms with Gasteiger partial charge in [-0.3, -0.25) is 4.79 Å². The van der Waals surface area contributed by atoms with Crippen LogP contribution < -0.4 is 6.15 Å². The lowest BCUT2D eigenvalue weighted by Gasteiger charge is -2.32. The lowest BCUT2D eigenvalue weighted by atomic mass is 9.89. The van der Waals surface area contributed by atoms with Crippen molar-refractivity contribution < 1.29 is 14.6 Å². The standard InChI is InChI=1S/C9H18O3.H3N/c1-4-8(12-7-10)9(11,5-2)6-3;/h7-8,11H,4-6H2,1-3H3;1H3. The van der Waals surface area contributed by atoms with Crippen LogP contribution in [-0.2, 0) is 9.53 Å². The highest BCUT2D eigenvalue weighted by Gasteiger charge is 2.33. The number of hydrogen-bond donors (Lipinski definition) is 2. The first-order valence-electron chi connectivity index (χ1n) is 4.46. The van der Waals surface area contributed by atoms with E-state index >= 15 is 0 Å². The number of ether oxygens (including phenoxy) is 1. The Labute approximate surface area is 79.9 Å². The first-order chi connectivity index (χ1) is 5.64. The Kier molecular flexibility index (Phi) is 7.85. The van der Waals surface area contributed by atoms with Gasteiger partial charge in [-0.25, -0.2) is 0 Å². The average molecular weight is 191 g/mol. The van der Waals surface area contributed by atoms with Gasteiger partial charge in [0.2, 0.25) is 0 Å². The predicted octanol–water partition coefficient (Wildman–Crippen LogP) is 1.65. The number of rotatable bonds is 6. The highest BCUT2D eigenvalue weighted by atomic mass is 16.5. The van der Waals surface area contributed by atoms with E-state index in [1.54, 1.807) is 0 Å². The molecule has 0 aliphatic heterocycles. The summed E-state index contributed by atoms with van der Waals surface area (Å²) in [6, 6.07) is 0. The molecule has 0 rings (SSSR count). The van der Waals surface area contributed by atoms with E-state index in [-0.39, 0.29) is 12.3 Å². The molecule has 0 aliphatic rings. The molecule has 4 nitrogen and oxygen atoms in total. The summed E-state index contributed by atoms with van der Waals surface area (Å²) in [6.07, 6.45) is 1.49. The van der Waals surface area contributed by atoms with Gasteiger partial charge in [-0.15, -0.1) is 0 Å². The minimum atomic E-state index is -0.852. The van der Waals surface area contributed by atoms with E-state index in [0.29, 0.717) is 25.7 Å². The van der Waals surface area contributed by atoms with Crippen molar-refractivity contribution in [3.8, 4) is 0 Å². The Bertz CT molecular complexity index is 135. The largest absolute Gasteiger partial charge is 0.462 e. The molecule has 0 aliphatic carbocycles. The van der Waals surface area contributed by atoms with E-state index in [2.05, 4.69) is 0 Å². The van der Waals surface area contributed by atoms with Crippen molar-refractivity contribution in [1.82, 2.24) is 6.15 Å². The number of hydrogen-bond acceptors (Lipinski definition) is 4. The molecule has 0 spiro atoms. The van der Waals surface area contributed by atoms with E-state index in [9.17, 15) is 9.90 Å². The molecule has 0 amide bonds. The third-order valence-electron chi connectivity index (χ3n) is 2.41. The summed E-state index contributed by atoms with van der Waals surface area (Å²) in [5, 5.41) is 9.94. The molecular weight excluding hydrogens is 170 g/mol. The highest BCUT2D eigenvalue weighted by molar-refractivity contribution is 5.37. The van der Waals surface area contributed by atoms with Gasteiger partial charge in [0.25, 0.3) is 6.47 Å². The molecule has 1 unspecified atom stereocenters. The normalized spacial score (nSPS) is 12.9. The minimum absolute atomic E-state index is 0. The molecular formula is C9H21NO3. The lowest BCUT2D eigenvalue weighted by molar-refractivity contribution is -0.152. The van der Waals surface area contributed by atoms with E-state index in [0.717, 1.165) is 0 Å². The van der Waals surface area contributed by atoms with Crippen LogP contribution in [0, 0.1) is 0 Å². The van der Waals surface area contributed by atoms with E-state index in [4.69, 9.17) is 4.74 Å². The third-order valence-corrected chi connectivity index (χ3v) is 2.41. The van der Waals surface area contributed by atoms with Gasteiger partial charge < -0.3 is 16.0 Å². The second-order valence-corrected chi connectivity index (χ2v) is 2.94. The first-order valence-corrected chi connectivity index (χ1v) is 4.46. The Morgan fingerprint density at radius 2 is 1.85 bits per heavy atom. The third kappa shape index (κ3) is 3.74. The summed E-state index contributed by atoms with van der Waals surface area (Å²) in [7, 11) is 0. The summed E-state index contributed by atoms with van der Waals surface area (Å²) in [5.74, 6) is 0. The van der Waals surface area contributed by atoms with Crippen LogP contribution in [0.15, 0.2) is 0 Å². The van der Waals surface area contributed by atoms with Crippen LogP contribution in [0.4, 0.5) is 0 Å². The van der Waals surface area contributed by atoms with Crippen molar-refractivity contribution in [1.29, 1.82) is 0 Å². The molecule has 0 aromatic rings. The highest BCUT2D eigenvalue weighted by Crippen LogP contribution is 2.23. The quantitative estimate of drug-likeness (QED) is 0.625. The molecule has 0 heterocycles. The summed E-state index contributed by atoms with van der Waals surface area (Å²) in [6.45, 7) is 6.08. The molecule has 0 aromatic carbocycles. The van der Waals surface area contributed by atoms with Crippen molar-refractivity contribution in [3.63, 3.8) is 0 Å². The molecule has 80 valence electrons. The fourth-order valence-corrected chi connectivity index (χ4v) is 1.38. The van der Waals surface area contributed by atoms with Gasteiger partial charge >= 0.3 is 0 Å². The monoisotopic (exact) mass is 191 g/mol. The number of aliphatic hydroxyl groups is 1. The van der Waals surface area contributed by atoms with Crippen LogP contribution >= 0.6 is 0 Å². The van der Waals surface area contributed by atoms with Crippen LogP contribution in [-0.4, -0.2) is 23.3 Å². The van der Waals surface area contributed by atoms with Gasteiger partial charge in [0, 0.05) is 0 Å². The van der Waals surface area contributed by atoms with Gasteiger partial charge in [0.05, 0.1) is 0 Å². The second-order valence-electron chi connectivity index (χ2n) is 2.94. The van der Waals surface area contributed by atoms with Crippen molar-refractivity contribution in [2.75, 3.05) is 0 Å². The summed E-state index contributed by atoms with van der Waals surface area (Å²) in [4.78, 5) is 10.1. The summed E-state index contributed by atoms with van der Waals surface area (Å²) in [5.41, 5.74) is -0.852. The Morgan fingerprint density at radius 1 is 1.38 bits per heavy atom. The molecule has 0 saturated heterocycles. The van der Waals surface area contributed by atoms with Gasteiger partial charge in [0.1, 0.15) is 11.7 Å². The minimum Gasteiger partial charge on any atom is -0.462 e. The topological polar surface area (TPSA) is 81.5 Å². The maximum Gasteiger partial charge on any atom is 0.293 e. The van der Waals surface area contributed by atoms with Gasteiger partial charge in [-0.2, -0.15) is 0 Å². The molecule has 13 heavy (non-hydrogen) atoms. The van der Waals surface area contributed by atoms with Crippen molar-refractivity contribution in [2.24, 2.45) is 0 Å². The van der Waals surface area contributed by atoms with Crippen LogP contribution in [0.2, 0.25) is 0 Å². The fraction of sp³-hybridized carbons (Fsp3) is 0.889. The van der Waals surface area contributed by atoms with Crippen LogP contribution in [0.1, 0.15) is 40.0 Å². The average Bonchev–Trinajstić information content (AvgIpc) is 2.13. The maximum absolute atomic E-state index is 10.1. The zero-order valence-corrected chi connectivity index (χ0v) is 8.75. The van der Waals surface area contributed by atoms with E-state index in [1.807, 2.05) is 20.8 Å². The fourth-order valence-electron chi connectivity index (χ4n) is 1.38. The Balaban J connectivity index is 0. The van der Waals surface area contributed by atoms with Gasteiger partial charge in [-0.1, -0.05) is 20.8 Å². The molecule has 4 heteroatoms. The van der Waals surface area contributed by atoms with Gasteiger partial charge in [0.15, 0.2) is 0 Å². The smallest absolute Gasteiger partial charge is 0.293 e. The Hall–Kier alpha value is -0.610. The first kappa shape index (κ1) is 14.9. The SMILES string of the molecule is CCC(OC=O)C(O)(CC)CC.N. The predicted molar refractivity (Wildman–Crippen MR) is 51.8 cm³/mol. The maximum atomic E-state index is 10.1. The van der Waals surface area contributed by atoms with Gasteiger partial charge in [-0.05, 0) is 19.3 Å². The molecule has 4 N–H and O–H groups in total. The van der Waals surface area contributed by atoms with Crippen molar-refractivity contribution in [3.05, 3.63) is 0 Å². The molecule has 0 bridgehead atoms. The van der Waals surface area contributed by atoms with E-state index in [1.165, 1.54) is 0 Å². The van der Waals surface area contributed by atoms with Crippen LogP contribution in [0.25, 0.3) is 0 Å². The zero-order chi connectivity index (χ0) is 9.61. The summed E-state index contributed by atoms with van der Waals surface area (Å²) >= 11 is 0. The molecule has 0 saturated carbocycles. The molecule has 0 fully saturated rings. The van der Waals surface area contributed by atoms with E-state index < -0.39 is 5.60 Å². The number of carbonyl (C=O) groups excluding carboxylic acids is 1. The second kappa shape index (κ2) is 6.86. The molecule has 0 radical (unpaired) electrons. The molecule has 1 atom stereocenters. The summed E-state index contributed by atoms with van der Waals surface area (Å²) < 4.78 is 4.81. The van der Waals surface area contributed by atoms with Crippen LogP contribution in [0.5, 0.6) is 0 Å². The molecule has 0 aromatic heterocycles.